The maximum atomic E-state index is 5.56. The third-order valence-electron chi connectivity index (χ3n) is 1.12. The van der Waals surface area contributed by atoms with Crippen LogP contribution >= 0.6 is 11.6 Å². The van der Waals surface area contributed by atoms with Gasteiger partial charge in [-0.25, -0.2) is 0 Å². The summed E-state index contributed by atoms with van der Waals surface area (Å²) in [6, 6.07) is 9.85. The van der Waals surface area contributed by atoms with Crippen LogP contribution in [0.5, 0.6) is 0 Å². The summed E-state index contributed by atoms with van der Waals surface area (Å²) in [6.45, 7) is 3.56. The molecule has 10 heavy (non-hydrogen) atoms. The minimum atomic E-state index is 0.561. The topological polar surface area (TPSA) is 0 Å². The van der Waals surface area contributed by atoms with Gasteiger partial charge in [0.25, 0.3) is 0 Å². The molecule has 0 heterocycles. The average Bonchev–Trinajstić information content (AvgIpc) is 1.88. The number of allylic oxidation sites excluding steroid dienone is 1. The summed E-state index contributed by atoms with van der Waals surface area (Å²) >= 11 is 5.56. The number of rotatable bonds is 1. The molecular formula is C9H8Cl. The van der Waals surface area contributed by atoms with E-state index in [2.05, 4.69) is 6.92 Å². The summed E-state index contributed by atoms with van der Waals surface area (Å²) in [6.07, 6.45) is 1.82. The average molecular weight is 152 g/mol. The van der Waals surface area contributed by atoms with E-state index >= 15 is 0 Å². The Morgan fingerprint density at radius 2 is 1.90 bits per heavy atom. The van der Waals surface area contributed by atoms with Gasteiger partial charge in [0.1, 0.15) is 0 Å². The molecule has 0 atom stereocenters. The quantitative estimate of drug-likeness (QED) is 0.579. The molecule has 0 aliphatic heterocycles. The second-order valence-electron chi connectivity index (χ2n) is 2.00. The highest BCUT2D eigenvalue weighted by Gasteiger charge is 1.83. The summed E-state index contributed by atoms with van der Waals surface area (Å²) in [4.78, 5) is 0. The van der Waals surface area contributed by atoms with Gasteiger partial charge in [0.05, 0.1) is 0 Å². The molecule has 0 nitrogen and oxygen atoms in total. The predicted molar refractivity (Wildman–Crippen MR) is 45.6 cm³/mol. The van der Waals surface area contributed by atoms with Crippen molar-refractivity contribution in [1.29, 1.82) is 0 Å². The molecule has 51 valence electrons. The van der Waals surface area contributed by atoms with Gasteiger partial charge < -0.3 is 0 Å². The molecule has 1 heteroatoms. The Labute approximate surface area is 66.1 Å². The lowest BCUT2D eigenvalue weighted by Crippen LogP contribution is -1.68. The maximum absolute atomic E-state index is 5.56. The van der Waals surface area contributed by atoms with Crippen molar-refractivity contribution in [2.45, 2.75) is 0 Å². The van der Waals surface area contributed by atoms with Crippen LogP contribution in [-0.4, -0.2) is 0 Å². The molecule has 1 aromatic rings. The van der Waals surface area contributed by atoms with E-state index in [9.17, 15) is 0 Å². The maximum Gasteiger partial charge on any atom is 0.0190 e. The Kier molecular flexibility index (Phi) is 2.52. The van der Waals surface area contributed by atoms with Crippen molar-refractivity contribution in [3.05, 3.63) is 47.9 Å². The lowest BCUT2D eigenvalue weighted by Gasteiger charge is -1.90. The highest BCUT2D eigenvalue weighted by molar-refractivity contribution is 6.32. The third-order valence-corrected chi connectivity index (χ3v) is 1.23. The molecule has 0 amide bonds. The summed E-state index contributed by atoms with van der Waals surface area (Å²) in [5.41, 5.74) is 1.09. The van der Waals surface area contributed by atoms with Crippen LogP contribution in [0.4, 0.5) is 0 Å². The van der Waals surface area contributed by atoms with Gasteiger partial charge in [-0.2, -0.15) is 0 Å². The van der Waals surface area contributed by atoms with Crippen molar-refractivity contribution in [3.8, 4) is 0 Å². The van der Waals surface area contributed by atoms with Gasteiger partial charge in [-0.1, -0.05) is 41.9 Å². The minimum Gasteiger partial charge on any atom is -0.0891 e. The second kappa shape index (κ2) is 3.43. The van der Waals surface area contributed by atoms with Crippen LogP contribution < -0.4 is 0 Å². The van der Waals surface area contributed by atoms with Gasteiger partial charge in [0.15, 0.2) is 0 Å². The Hall–Kier alpha value is -0.750. The zero-order valence-corrected chi connectivity index (χ0v) is 6.31. The summed E-state index contributed by atoms with van der Waals surface area (Å²) in [7, 11) is 0. The normalized spacial score (nSPS) is 11.6. The molecular weight excluding hydrogens is 144 g/mol. The van der Waals surface area contributed by atoms with Gasteiger partial charge in [0, 0.05) is 5.03 Å². The largest absolute Gasteiger partial charge is 0.0891 e. The third kappa shape index (κ3) is 2.24. The van der Waals surface area contributed by atoms with E-state index in [-0.39, 0.29) is 0 Å². The molecule has 0 aliphatic rings. The van der Waals surface area contributed by atoms with Crippen LogP contribution in [0.15, 0.2) is 35.4 Å². The van der Waals surface area contributed by atoms with Crippen molar-refractivity contribution < 1.29 is 0 Å². The molecule has 1 aromatic carbocycles. The molecule has 1 radical (unpaired) electrons. The SMILES string of the molecule is [CH2]C(Cl)=Cc1ccccc1. The van der Waals surface area contributed by atoms with Gasteiger partial charge in [0.2, 0.25) is 0 Å². The first kappa shape index (κ1) is 7.36. The van der Waals surface area contributed by atoms with Crippen LogP contribution in [0.2, 0.25) is 0 Å². The Bertz CT molecular complexity index is 220. The van der Waals surface area contributed by atoms with Gasteiger partial charge in [-0.05, 0) is 18.6 Å². The van der Waals surface area contributed by atoms with Crippen molar-refractivity contribution in [1.82, 2.24) is 0 Å². The van der Waals surface area contributed by atoms with Crippen LogP contribution in [0.25, 0.3) is 6.08 Å². The highest BCUT2D eigenvalue weighted by Crippen LogP contribution is 2.07. The first-order chi connectivity index (χ1) is 4.79. The zero-order valence-electron chi connectivity index (χ0n) is 5.55. The lowest BCUT2D eigenvalue weighted by molar-refractivity contribution is 1.66. The summed E-state index contributed by atoms with van der Waals surface area (Å²) in [5.74, 6) is 0. The minimum absolute atomic E-state index is 0.561. The van der Waals surface area contributed by atoms with Crippen LogP contribution in [0.1, 0.15) is 5.56 Å². The van der Waals surface area contributed by atoms with E-state index in [1.54, 1.807) is 0 Å². The lowest BCUT2D eigenvalue weighted by atomic mass is 10.2. The molecule has 0 fully saturated rings. The monoisotopic (exact) mass is 151 g/mol. The molecule has 0 unspecified atom stereocenters. The van der Waals surface area contributed by atoms with Crippen molar-refractivity contribution in [2.75, 3.05) is 0 Å². The van der Waals surface area contributed by atoms with Gasteiger partial charge in [-0.15, -0.1) is 0 Å². The first-order valence-electron chi connectivity index (χ1n) is 3.03. The van der Waals surface area contributed by atoms with E-state index in [0.717, 1.165) is 5.56 Å². The van der Waals surface area contributed by atoms with E-state index in [0.29, 0.717) is 5.03 Å². The number of hydrogen-bond donors (Lipinski definition) is 0. The Balaban J connectivity index is 2.87. The molecule has 0 aliphatic carbocycles. The molecule has 0 saturated carbocycles. The van der Waals surface area contributed by atoms with Gasteiger partial charge in [-0.3, -0.25) is 0 Å². The Morgan fingerprint density at radius 3 is 2.40 bits per heavy atom. The molecule has 0 N–H and O–H groups in total. The fourth-order valence-corrected chi connectivity index (χ4v) is 0.856. The summed E-state index contributed by atoms with van der Waals surface area (Å²) < 4.78 is 0. The van der Waals surface area contributed by atoms with E-state index in [1.807, 2.05) is 36.4 Å². The van der Waals surface area contributed by atoms with Crippen molar-refractivity contribution >= 4 is 17.7 Å². The fraction of sp³-hybridized carbons (Fsp3) is 0. The standard InChI is InChI=1S/C9H8Cl/c1-8(10)7-9-5-3-2-4-6-9/h2-7H,1H2. The van der Waals surface area contributed by atoms with Gasteiger partial charge >= 0.3 is 0 Å². The van der Waals surface area contributed by atoms with Crippen LogP contribution in [-0.2, 0) is 0 Å². The number of halogens is 1. The van der Waals surface area contributed by atoms with E-state index < -0.39 is 0 Å². The van der Waals surface area contributed by atoms with Crippen molar-refractivity contribution in [2.24, 2.45) is 0 Å². The number of benzene rings is 1. The highest BCUT2D eigenvalue weighted by atomic mass is 35.5. The molecule has 0 saturated heterocycles. The predicted octanol–water partition coefficient (Wildman–Crippen LogP) is 3.10. The molecule has 1 rings (SSSR count). The zero-order chi connectivity index (χ0) is 7.40. The van der Waals surface area contributed by atoms with E-state index in [1.165, 1.54) is 0 Å². The van der Waals surface area contributed by atoms with Crippen LogP contribution in [0, 0.1) is 6.92 Å². The van der Waals surface area contributed by atoms with Crippen molar-refractivity contribution in [3.63, 3.8) is 0 Å². The molecule has 0 bridgehead atoms. The Morgan fingerprint density at radius 1 is 1.30 bits per heavy atom. The first-order valence-corrected chi connectivity index (χ1v) is 3.41. The second-order valence-corrected chi connectivity index (χ2v) is 2.49. The number of hydrogen-bond acceptors (Lipinski definition) is 0. The molecule has 0 spiro atoms. The summed E-state index contributed by atoms with van der Waals surface area (Å²) in [5, 5.41) is 0.561. The fourth-order valence-electron chi connectivity index (χ4n) is 0.730. The van der Waals surface area contributed by atoms with E-state index in [4.69, 9.17) is 11.6 Å². The smallest absolute Gasteiger partial charge is 0.0190 e. The van der Waals surface area contributed by atoms with Crippen LogP contribution in [0.3, 0.4) is 0 Å². The molecule has 0 aromatic heterocycles.